The first-order chi connectivity index (χ1) is 22.3. The summed E-state index contributed by atoms with van der Waals surface area (Å²) in [4.78, 5) is 28.4. The molecular weight excluding hydrogens is 600 g/mol. The first-order valence-electron chi connectivity index (χ1n) is 16.6. The summed E-state index contributed by atoms with van der Waals surface area (Å²) in [5, 5.41) is 21.2. The molecule has 2 saturated heterocycles. The Labute approximate surface area is 271 Å². The average Bonchev–Trinajstić information content (AvgIpc) is 3.85. The van der Waals surface area contributed by atoms with Crippen molar-refractivity contribution in [3.8, 4) is 17.6 Å². The zero-order valence-electron chi connectivity index (χ0n) is 26.5. The molecule has 0 saturated carbocycles. The van der Waals surface area contributed by atoms with E-state index in [2.05, 4.69) is 29.8 Å². The lowest BCUT2D eigenvalue weighted by Crippen LogP contribution is -2.41. The molecule has 4 aromatic heterocycles. The molecule has 46 heavy (non-hydrogen) atoms. The van der Waals surface area contributed by atoms with Crippen LogP contribution in [0.4, 0.5) is 10.8 Å². The summed E-state index contributed by atoms with van der Waals surface area (Å²) in [5.41, 5.74) is 15.8. The lowest BCUT2D eigenvalue weighted by Gasteiger charge is -2.39. The van der Waals surface area contributed by atoms with E-state index in [0.717, 1.165) is 111 Å². The Balaban J connectivity index is 1.29. The number of aromatic nitrogens is 5. The Morgan fingerprint density at radius 3 is 2.74 bits per heavy atom. The van der Waals surface area contributed by atoms with Crippen molar-refractivity contribution in [3.05, 3.63) is 33.5 Å². The van der Waals surface area contributed by atoms with Crippen molar-refractivity contribution in [2.75, 3.05) is 37.3 Å². The number of nitrogens with zero attached hydrogens (tertiary/aromatic N) is 8. The third-order valence-corrected chi connectivity index (χ3v) is 12.2. The van der Waals surface area contributed by atoms with Crippen LogP contribution in [0.2, 0.25) is 0 Å². The van der Waals surface area contributed by atoms with Gasteiger partial charge in [0.2, 0.25) is 5.91 Å². The van der Waals surface area contributed by atoms with Gasteiger partial charge in [0.1, 0.15) is 16.9 Å². The quantitative estimate of drug-likeness (QED) is 0.321. The fraction of sp³-hybridized carbons (Fsp3) is 0.576. The highest BCUT2D eigenvalue weighted by Crippen LogP contribution is 2.55. The molecule has 4 aromatic rings. The van der Waals surface area contributed by atoms with E-state index in [0.29, 0.717) is 34.7 Å². The number of nitriles is 1. The zero-order chi connectivity index (χ0) is 31.7. The summed E-state index contributed by atoms with van der Waals surface area (Å²) >= 11 is 1.54. The molecule has 2 aliphatic carbocycles. The molecule has 1 amide bonds. The summed E-state index contributed by atoms with van der Waals surface area (Å²) < 4.78 is 8.36. The van der Waals surface area contributed by atoms with Crippen LogP contribution in [-0.4, -0.2) is 68.4 Å². The van der Waals surface area contributed by atoms with Gasteiger partial charge in [0.05, 0.1) is 34.5 Å². The van der Waals surface area contributed by atoms with Crippen molar-refractivity contribution in [1.82, 2.24) is 29.8 Å². The highest BCUT2D eigenvalue weighted by Gasteiger charge is 2.49. The lowest BCUT2D eigenvalue weighted by atomic mass is 9.63. The van der Waals surface area contributed by atoms with Crippen LogP contribution in [0.5, 0.6) is 0 Å². The summed E-state index contributed by atoms with van der Waals surface area (Å²) in [6.45, 7) is 4.55. The smallest absolute Gasteiger partial charge is 0.222 e. The van der Waals surface area contributed by atoms with E-state index in [4.69, 9.17) is 36.2 Å². The SMILES string of the molecule is C[C@@H]([C@@H]1CCCN1C)n1ncc2c(N3CCC[C@H](C(N)=O)C3)nc(-c3noc4c3CCC[C@@]43CCCc4sc(N)c(C#N)c43)nc21. The van der Waals surface area contributed by atoms with E-state index in [1.54, 1.807) is 11.3 Å². The summed E-state index contributed by atoms with van der Waals surface area (Å²) in [5.74, 6) is 1.56. The maximum absolute atomic E-state index is 12.3. The fourth-order valence-electron chi connectivity index (χ4n) is 8.88. The van der Waals surface area contributed by atoms with Crippen molar-refractivity contribution in [3.63, 3.8) is 0 Å². The summed E-state index contributed by atoms with van der Waals surface area (Å²) in [6.07, 6.45) is 11.2. The normalized spacial score (nSPS) is 25.5. The van der Waals surface area contributed by atoms with Crippen molar-refractivity contribution >= 4 is 39.1 Å². The lowest BCUT2D eigenvalue weighted by molar-refractivity contribution is -0.122. The van der Waals surface area contributed by atoms with E-state index < -0.39 is 5.41 Å². The third kappa shape index (κ3) is 4.36. The second-order valence-corrected chi connectivity index (χ2v) is 14.8. The standard InChI is InChI=1S/C33H40N10O2S/c1-18(23-9-6-13-41(23)2)43-32-22(16-37-43)31(42-14-5-7-19(17-42)28(35)44)38-30(39-32)26-20-8-3-11-33(27(20)45-40-26)12-4-10-24-25(33)21(15-34)29(36)46-24/h16,18-19,23H,3-14,17,36H2,1-2H3,(H2,35,44)/t18-,19-,23-,33-/m0/s1. The van der Waals surface area contributed by atoms with Gasteiger partial charge in [-0.15, -0.1) is 11.3 Å². The molecule has 2 fully saturated rings. The van der Waals surface area contributed by atoms with E-state index in [-0.39, 0.29) is 17.9 Å². The van der Waals surface area contributed by atoms with Gasteiger partial charge in [-0.25, -0.2) is 14.6 Å². The van der Waals surface area contributed by atoms with Gasteiger partial charge in [-0.2, -0.15) is 10.4 Å². The first-order valence-corrected chi connectivity index (χ1v) is 17.4. The number of nitrogens with two attached hydrogens (primary N) is 2. The number of primary amides is 1. The van der Waals surface area contributed by atoms with Gasteiger partial charge in [0.25, 0.3) is 0 Å². The number of anilines is 2. The van der Waals surface area contributed by atoms with E-state index in [9.17, 15) is 10.1 Å². The number of hydrogen-bond donors (Lipinski definition) is 2. The number of piperidine rings is 1. The molecule has 240 valence electrons. The van der Waals surface area contributed by atoms with Crippen LogP contribution in [0.3, 0.4) is 0 Å². The van der Waals surface area contributed by atoms with Crippen molar-refractivity contribution < 1.29 is 9.32 Å². The van der Waals surface area contributed by atoms with E-state index >= 15 is 0 Å². The number of carbonyl (C=O) groups is 1. The Hall–Kier alpha value is -4.02. The molecule has 8 rings (SSSR count). The van der Waals surface area contributed by atoms with E-state index in [1.165, 1.54) is 4.88 Å². The predicted molar refractivity (Wildman–Crippen MR) is 175 cm³/mol. The second kappa shape index (κ2) is 11.1. The molecule has 2 aliphatic heterocycles. The van der Waals surface area contributed by atoms with Gasteiger partial charge in [-0.05, 0) is 90.3 Å². The number of amides is 1. The molecule has 6 heterocycles. The second-order valence-electron chi connectivity index (χ2n) is 13.7. The number of likely N-dealkylation sites (tertiary alicyclic amines) is 1. The molecule has 0 unspecified atom stereocenters. The number of likely N-dealkylation sites (N-methyl/N-ethyl adjacent to an activating group) is 1. The summed E-state index contributed by atoms with van der Waals surface area (Å²) in [6, 6.07) is 2.86. The topological polar surface area (TPSA) is 169 Å². The van der Waals surface area contributed by atoms with Gasteiger partial charge in [-0.3, -0.25) is 4.79 Å². The molecule has 0 bridgehead atoms. The number of carbonyl (C=O) groups excluding carboxylic acids is 1. The average molecular weight is 641 g/mol. The van der Waals surface area contributed by atoms with Crippen LogP contribution >= 0.6 is 11.3 Å². The number of hydrogen-bond acceptors (Lipinski definition) is 11. The maximum Gasteiger partial charge on any atom is 0.222 e. The number of thiophene rings is 1. The Morgan fingerprint density at radius 1 is 1.17 bits per heavy atom. The first kappa shape index (κ1) is 29.4. The van der Waals surface area contributed by atoms with Gasteiger partial charge >= 0.3 is 0 Å². The van der Waals surface area contributed by atoms with Crippen LogP contribution < -0.4 is 16.4 Å². The Morgan fingerprint density at radius 2 is 1.98 bits per heavy atom. The highest BCUT2D eigenvalue weighted by atomic mass is 32.1. The van der Waals surface area contributed by atoms with Gasteiger partial charge < -0.3 is 25.8 Å². The number of fused-ring (bicyclic) bond motifs is 5. The largest absolute Gasteiger partial charge is 0.389 e. The number of rotatable bonds is 5. The highest BCUT2D eigenvalue weighted by molar-refractivity contribution is 7.16. The molecule has 0 radical (unpaired) electrons. The number of aryl methyl sites for hydroxylation is 1. The van der Waals surface area contributed by atoms with Gasteiger partial charge in [0.15, 0.2) is 22.9 Å². The minimum absolute atomic E-state index is 0.101. The fourth-order valence-corrected chi connectivity index (χ4v) is 10.0. The van der Waals surface area contributed by atoms with Crippen molar-refractivity contribution in [1.29, 1.82) is 5.26 Å². The molecular formula is C33H40N10O2S. The maximum atomic E-state index is 12.3. The molecule has 13 heteroatoms. The predicted octanol–water partition coefficient (Wildman–Crippen LogP) is 4.31. The zero-order valence-corrected chi connectivity index (χ0v) is 27.3. The molecule has 4 N–H and O–H groups in total. The summed E-state index contributed by atoms with van der Waals surface area (Å²) in [7, 11) is 2.18. The molecule has 12 nitrogen and oxygen atoms in total. The van der Waals surface area contributed by atoms with Gasteiger partial charge in [-0.1, -0.05) is 5.16 Å². The van der Waals surface area contributed by atoms with Crippen LogP contribution in [0.25, 0.3) is 22.6 Å². The molecule has 1 spiro atoms. The van der Waals surface area contributed by atoms with Gasteiger partial charge in [0, 0.05) is 29.6 Å². The van der Waals surface area contributed by atoms with Crippen LogP contribution in [0.1, 0.15) is 91.7 Å². The Bertz CT molecular complexity index is 1880. The van der Waals surface area contributed by atoms with Crippen LogP contribution in [0.15, 0.2) is 10.7 Å². The van der Waals surface area contributed by atoms with Crippen LogP contribution in [0, 0.1) is 17.2 Å². The van der Waals surface area contributed by atoms with E-state index in [1.807, 2.05) is 10.9 Å². The monoisotopic (exact) mass is 640 g/mol. The Kier molecular flexibility index (Phi) is 7.06. The minimum atomic E-state index is -0.427. The molecule has 4 aliphatic rings. The minimum Gasteiger partial charge on any atom is -0.389 e. The number of nitrogen functional groups attached to an aromatic ring is 1. The molecule has 4 atom stereocenters. The third-order valence-electron chi connectivity index (χ3n) is 11.1. The van der Waals surface area contributed by atoms with Crippen molar-refractivity contribution in [2.45, 2.75) is 88.6 Å². The van der Waals surface area contributed by atoms with Crippen LogP contribution in [-0.2, 0) is 23.1 Å². The van der Waals surface area contributed by atoms with Crippen molar-refractivity contribution in [2.24, 2.45) is 11.7 Å². The molecule has 0 aromatic carbocycles.